The molecule has 1 amide bonds. The van der Waals surface area contributed by atoms with Gasteiger partial charge in [0.2, 0.25) is 0 Å². The summed E-state index contributed by atoms with van der Waals surface area (Å²) >= 11 is 0. The summed E-state index contributed by atoms with van der Waals surface area (Å²) in [6.45, 7) is 1.79. The number of carbonyl (C=O) groups is 2. The van der Waals surface area contributed by atoms with Crippen LogP contribution in [0, 0.1) is 11.3 Å². The lowest BCUT2D eigenvalue weighted by Gasteiger charge is -2.02. The van der Waals surface area contributed by atoms with Gasteiger partial charge in [0.15, 0.2) is 5.71 Å². The lowest BCUT2D eigenvalue weighted by Crippen LogP contribution is -2.24. The summed E-state index contributed by atoms with van der Waals surface area (Å²) in [7, 11) is 1.15. The van der Waals surface area contributed by atoms with E-state index in [0.717, 1.165) is 7.11 Å². The van der Waals surface area contributed by atoms with Crippen LogP contribution in [0.5, 0.6) is 0 Å². The lowest BCUT2D eigenvalue weighted by atomic mass is 10.3. The first kappa shape index (κ1) is 12.9. The van der Waals surface area contributed by atoms with E-state index >= 15 is 0 Å². The number of rotatable bonds is 4. The van der Waals surface area contributed by atoms with Crippen molar-refractivity contribution in [2.24, 2.45) is 5.10 Å². The molecular weight excluding hydrogens is 202 g/mol. The Morgan fingerprint density at radius 2 is 2.20 bits per heavy atom. The van der Waals surface area contributed by atoms with E-state index < -0.39 is 12.1 Å². The van der Waals surface area contributed by atoms with Gasteiger partial charge in [-0.2, -0.15) is 10.4 Å². The molecule has 0 aliphatic heterocycles. The summed E-state index contributed by atoms with van der Waals surface area (Å²) in [5.41, 5.74) is 1.76. The Balaban J connectivity index is 4.44. The van der Waals surface area contributed by atoms with Crippen LogP contribution in [0.1, 0.15) is 13.3 Å². The quantitative estimate of drug-likeness (QED) is 0.407. The minimum Gasteiger partial charge on any atom is -0.461 e. The molecule has 0 bridgehead atoms. The molecule has 15 heavy (non-hydrogen) atoms. The van der Waals surface area contributed by atoms with Crippen molar-refractivity contribution in [1.29, 1.82) is 5.26 Å². The van der Waals surface area contributed by atoms with Crippen molar-refractivity contribution in [2.45, 2.75) is 13.3 Å². The zero-order valence-corrected chi connectivity index (χ0v) is 8.44. The number of nitrogens with one attached hydrogen (secondary N) is 1. The summed E-state index contributed by atoms with van der Waals surface area (Å²) in [6.07, 6.45) is -1.07. The van der Waals surface area contributed by atoms with Gasteiger partial charge in [-0.25, -0.2) is 15.0 Å². The van der Waals surface area contributed by atoms with Gasteiger partial charge in [0.1, 0.15) is 0 Å². The predicted molar refractivity (Wildman–Crippen MR) is 49.8 cm³/mol. The Kier molecular flexibility index (Phi) is 6.29. The number of nitriles is 1. The molecule has 0 heterocycles. The minimum atomic E-state index is -0.824. The molecule has 0 spiro atoms. The van der Waals surface area contributed by atoms with E-state index in [-0.39, 0.29) is 18.7 Å². The van der Waals surface area contributed by atoms with Gasteiger partial charge in [-0.1, -0.05) is 0 Å². The monoisotopic (exact) mass is 213 g/mol. The molecule has 0 saturated heterocycles. The molecule has 0 radical (unpaired) electrons. The van der Waals surface area contributed by atoms with Crippen molar-refractivity contribution in [2.75, 3.05) is 13.7 Å². The van der Waals surface area contributed by atoms with Crippen molar-refractivity contribution >= 4 is 17.8 Å². The number of hydrogen-bond donors (Lipinski definition) is 1. The second-order valence-electron chi connectivity index (χ2n) is 2.22. The molecule has 1 N–H and O–H groups in total. The van der Waals surface area contributed by atoms with Crippen LogP contribution in [-0.2, 0) is 14.3 Å². The minimum absolute atomic E-state index is 0.168. The van der Waals surface area contributed by atoms with Crippen LogP contribution in [0.3, 0.4) is 0 Å². The molecule has 0 aliphatic carbocycles. The number of ether oxygens (including phenoxy) is 2. The van der Waals surface area contributed by atoms with Gasteiger partial charge < -0.3 is 9.47 Å². The van der Waals surface area contributed by atoms with Crippen molar-refractivity contribution in [3.8, 4) is 6.07 Å². The molecule has 0 unspecified atom stereocenters. The van der Waals surface area contributed by atoms with Crippen LogP contribution in [0.15, 0.2) is 5.10 Å². The van der Waals surface area contributed by atoms with E-state index in [1.165, 1.54) is 0 Å². The fraction of sp³-hybridized carbons (Fsp3) is 0.500. The predicted octanol–water partition coefficient (Wildman–Crippen LogP) is 0.175. The normalized spacial score (nSPS) is 10.1. The van der Waals surface area contributed by atoms with Gasteiger partial charge in [-0.15, -0.1) is 0 Å². The first-order chi connectivity index (χ1) is 7.15. The summed E-state index contributed by atoms with van der Waals surface area (Å²) < 4.78 is 8.84. The first-order valence-corrected chi connectivity index (χ1v) is 4.10. The van der Waals surface area contributed by atoms with Crippen molar-refractivity contribution in [1.82, 2.24) is 5.43 Å². The van der Waals surface area contributed by atoms with Gasteiger partial charge >= 0.3 is 12.1 Å². The topological polar surface area (TPSA) is 101 Å². The summed E-state index contributed by atoms with van der Waals surface area (Å²) in [6, 6.07) is 1.73. The van der Waals surface area contributed by atoms with Crippen LogP contribution in [0.25, 0.3) is 0 Å². The number of hydrazone groups is 1. The van der Waals surface area contributed by atoms with Crippen LogP contribution in [0.2, 0.25) is 0 Å². The number of amides is 1. The zero-order chi connectivity index (χ0) is 11.7. The SMILES string of the molecule is CCOC(=O)/C(CC#N)=N\NC(=O)OC. The van der Waals surface area contributed by atoms with Crippen LogP contribution < -0.4 is 5.43 Å². The van der Waals surface area contributed by atoms with Crippen LogP contribution in [0.4, 0.5) is 4.79 Å². The fourth-order valence-corrected chi connectivity index (χ4v) is 0.605. The molecule has 0 aromatic rings. The molecule has 0 aliphatic rings. The Bertz CT molecular complexity index is 305. The summed E-state index contributed by atoms with van der Waals surface area (Å²) in [4.78, 5) is 21.8. The van der Waals surface area contributed by atoms with Gasteiger partial charge in [-0.3, -0.25) is 0 Å². The number of esters is 1. The van der Waals surface area contributed by atoms with Crippen molar-refractivity contribution < 1.29 is 19.1 Å². The molecule has 0 atom stereocenters. The highest BCUT2D eigenvalue weighted by molar-refractivity contribution is 6.37. The number of methoxy groups -OCH3 is 1. The standard InChI is InChI=1S/C8H11N3O4/c1-3-15-7(12)6(4-5-9)10-11-8(13)14-2/h3-4H2,1-2H3,(H,11,13)/b10-6-. The van der Waals surface area contributed by atoms with E-state index in [1.807, 2.05) is 5.43 Å². The van der Waals surface area contributed by atoms with E-state index in [0.29, 0.717) is 0 Å². The number of carbonyl (C=O) groups excluding carboxylic acids is 2. The maximum atomic E-state index is 11.1. The molecular formula is C8H11N3O4. The Labute approximate surface area is 86.7 Å². The highest BCUT2D eigenvalue weighted by Crippen LogP contribution is 1.90. The van der Waals surface area contributed by atoms with Crippen LogP contribution in [-0.4, -0.2) is 31.5 Å². The smallest absolute Gasteiger partial charge is 0.427 e. The maximum Gasteiger partial charge on any atom is 0.427 e. The second kappa shape index (κ2) is 7.32. The maximum absolute atomic E-state index is 11.1. The molecule has 7 nitrogen and oxygen atoms in total. The zero-order valence-electron chi connectivity index (χ0n) is 8.44. The molecule has 0 saturated carbocycles. The Morgan fingerprint density at radius 1 is 1.53 bits per heavy atom. The van der Waals surface area contributed by atoms with E-state index in [4.69, 9.17) is 5.26 Å². The lowest BCUT2D eigenvalue weighted by molar-refractivity contribution is -0.135. The molecule has 7 heteroatoms. The second-order valence-corrected chi connectivity index (χ2v) is 2.22. The van der Waals surface area contributed by atoms with Crippen LogP contribution >= 0.6 is 0 Å². The number of nitrogens with zero attached hydrogens (tertiary/aromatic N) is 2. The highest BCUT2D eigenvalue weighted by Gasteiger charge is 2.12. The van der Waals surface area contributed by atoms with Crippen molar-refractivity contribution in [3.63, 3.8) is 0 Å². The third-order valence-electron chi connectivity index (χ3n) is 1.23. The molecule has 0 aromatic carbocycles. The summed E-state index contributed by atoms with van der Waals surface area (Å²) in [5, 5.41) is 11.8. The number of hydrogen-bond acceptors (Lipinski definition) is 6. The Hall–Kier alpha value is -2.10. The van der Waals surface area contributed by atoms with E-state index in [1.54, 1.807) is 13.0 Å². The van der Waals surface area contributed by atoms with Gasteiger partial charge in [-0.05, 0) is 6.92 Å². The average Bonchev–Trinajstić information content (AvgIpc) is 2.23. The third-order valence-corrected chi connectivity index (χ3v) is 1.23. The van der Waals surface area contributed by atoms with Gasteiger partial charge in [0, 0.05) is 0 Å². The van der Waals surface area contributed by atoms with E-state index in [2.05, 4.69) is 14.6 Å². The average molecular weight is 213 g/mol. The molecule has 0 fully saturated rings. The molecule has 0 rings (SSSR count). The van der Waals surface area contributed by atoms with Crippen molar-refractivity contribution in [3.05, 3.63) is 0 Å². The molecule has 82 valence electrons. The van der Waals surface area contributed by atoms with Gasteiger partial charge in [0.25, 0.3) is 0 Å². The fourth-order valence-electron chi connectivity index (χ4n) is 0.605. The largest absolute Gasteiger partial charge is 0.461 e. The van der Waals surface area contributed by atoms with Gasteiger partial charge in [0.05, 0.1) is 26.2 Å². The van der Waals surface area contributed by atoms with E-state index in [9.17, 15) is 9.59 Å². The highest BCUT2D eigenvalue weighted by atomic mass is 16.5. The Morgan fingerprint density at radius 3 is 2.67 bits per heavy atom. The third kappa shape index (κ3) is 5.25. The first-order valence-electron chi connectivity index (χ1n) is 4.10. The summed E-state index contributed by atoms with van der Waals surface area (Å²) in [5.74, 6) is -0.740. The molecule has 0 aromatic heterocycles.